The Morgan fingerprint density at radius 1 is 1.32 bits per heavy atom. The van der Waals surface area contributed by atoms with Gasteiger partial charge in [0.2, 0.25) is 15.9 Å². The summed E-state index contributed by atoms with van der Waals surface area (Å²) in [6.07, 6.45) is 1.94. The number of aryl methyl sites for hydroxylation is 2. The maximum absolute atomic E-state index is 12.3. The third-order valence-corrected chi connectivity index (χ3v) is 4.58. The summed E-state index contributed by atoms with van der Waals surface area (Å²) >= 11 is 0. The molecule has 0 aliphatic rings. The largest absolute Gasteiger partial charge is 0.324 e. The summed E-state index contributed by atoms with van der Waals surface area (Å²) in [5.41, 5.74) is 2.80. The Kier molecular flexibility index (Phi) is 6.56. The summed E-state index contributed by atoms with van der Waals surface area (Å²) in [7, 11) is -3.40. The average molecular weight is 326 g/mol. The number of nitrogens with zero attached hydrogens (tertiary/aromatic N) is 1. The van der Waals surface area contributed by atoms with Gasteiger partial charge in [0, 0.05) is 12.2 Å². The van der Waals surface area contributed by atoms with Crippen LogP contribution in [0.2, 0.25) is 0 Å². The minimum absolute atomic E-state index is 0.158. The molecule has 1 aromatic rings. The summed E-state index contributed by atoms with van der Waals surface area (Å²) in [5, 5.41) is 2.86. The Morgan fingerprint density at radius 3 is 2.45 bits per heavy atom. The fraction of sp³-hybridized carbons (Fsp3) is 0.562. The summed E-state index contributed by atoms with van der Waals surface area (Å²) in [5.74, 6) is -0.151. The van der Waals surface area contributed by atoms with Gasteiger partial charge in [-0.05, 0) is 30.4 Å². The Bertz CT molecular complexity index is 624. The Balaban J connectivity index is 2.89. The van der Waals surface area contributed by atoms with Crippen molar-refractivity contribution in [1.82, 2.24) is 4.31 Å². The second-order valence-electron chi connectivity index (χ2n) is 5.96. The molecule has 0 fully saturated rings. The van der Waals surface area contributed by atoms with E-state index in [4.69, 9.17) is 0 Å². The van der Waals surface area contributed by atoms with Crippen molar-refractivity contribution < 1.29 is 13.2 Å². The first-order chi connectivity index (χ1) is 10.1. The number of carbonyl (C=O) groups is 1. The van der Waals surface area contributed by atoms with Crippen molar-refractivity contribution in [3.63, 3.8) is 0 Å². The first kappa shape index (κ1) is 18.6. The summed E-state index contributed by atoms with van der Waals surface area (Å²) in [6.45, 7) is 7.97. The number of hydrogen-bond acceptors (Lipinski definition) is 3. The Hall–Kier alpha value is -1.40. The van der Waals surface area contributed by atoms with Gasteiger partial charge >= 0.3 is 0 Å². The van der Waals surface area contributed by atoms with Crippen molar-refractivity contribution >= 4 is 21.6 Å². The van der Waals surface area contributed by atoms with Gasteiger partial charge in [-0.1, -0.05) is 39.0 Å². The molecule has 0 saturated carbocycles. The van der Waals surface area contributed by atoms with Crippen molar-refractivity contribution in [2.45, 2.75) is 34.1 Å². The van der Waals surface area contributed by atoms with Crippen LogP contribution in [0.1, 0.15) is 31.9 Å². The van der Waals surface area contributed by atoms with Crippen LogP contribution in [0.4, 0.5) is 5.69 Å². The van der Waals surface area contributed by atoms with Crippen molar-refractivity contribution in [2.75, 3.05) is 24.7 Å². The highest BCUT2D eigenvalue weighted by molar-refractivity contribution is 7.88. The van der Waals surface area contributed by atoms with Gasteiger partial charge in [-0.2, -0.15) is 4.31 Å². The van der Waals surface area contributed by atoms with Gasteiger partial charge in [0.05, 0.1) is 12.8 Å². The van der Waals surface area contributed by atoms with Crippen LogP contribution in [-0.2, 0) is 21.2 Å². The zero-order valence-corrected chi connectivity index (χ0v) is 14.8. The number of hydrogen-bond donors (Lipinski definition) is 1. The number of para-hydroxylation sites is 1. The highest BCUT2D eigenvalue weighted by atomic mass is 32.2. The SMILES string of the molecule is CCc1cccc(C)c1NC(=O)CN(CC(C)C)S(C)(=O)=O. The highest BCUT2D eigenvalue weighted by Gasteiger charge is 2.21. The van der Waals surface area contributed by atoms with Crippen LogP contribution < -0.4 is 5.32 Å². The molecule has 0 aromatic heterocycles. The van der Waals surface area contributed by atoms with E-state index < -0.39 is 10.0 Å². The lowest BCUT2D eigenvalue weighted by molar-refractivity contribution is -0.116. The molecule has 0 aliphatic carbocycles. The highest BCUT2D eigenvalue weighted by Crippen LogP contribution is 2.21. The summed E-state index contributed by atoms with van der Waals surface area (Å²) in [4.78, 5) is 12.3. The smallest absolute Gasteiger partial charge is 0.239 e. The first-order valence-electron chi connectivity index (χ1n) is 7.48. The molecule has 0 aliphatic heterocycles. The number of sulfonamides is 1. The van der Waals surface area contributed by atoms with Crippen LogP contribution in [0.3, 0.4) is 0 Å². The van der Waals surface area contributed by atoms with E-state index in [0.29, 0.717) is 6.54 Å². The third-order valence-electron chi connectivity index (χ3n) is 3.36. The molecule has 0 unspecified atom stereocenters. The molecular formula is C16H26N2O3S. The van der Waals surface area contributed by atoms with E-state index in [0.717, 1.165) is 29.5 Å². The molecule has 0 bridgehead atoms. The second-order valence-corrected chi connectivity index (χ2v) is 7.94. The van der Waals surface area contributed by atoms with Crippen LogP contribution in [0.5, 0.6) is 0 Å². The minimum atomic E-state index is -3.40. The normalized spacial score (nSPS) is 12.0. The monoisotopic (exact) mass is 326 g/mol. The molecule has 22 heavy (non-hydrogen) atoms. The maximum Gasteiger partial charge on any atom is 0.239 e. The van der Waals surface area contributed by atoms with Gasteiger partial charge in [0.1, 0.15) is 0 Å². The number of carbonyl (C=O) groups excluding carboxylic acids is 1. The molecule has 0 saturated heterocycles. The van der Waals surface area contributed by atoms with E-state index in [9.17, 15) is 13.2 Å². The van der Waals surface area contributed by atoms with Crippen LogP contribution in [-0.4, -0.2) is 38.0 Å². The van der Waals surface area contributed by atoms with E-state index in [1.54, 1.807) is 0 Å². The molecule has 0 heterocycles. The quantitative estimate of drug-likeness (QED) is 0.837. The van der Waals surface area contributed by atoms with Crippen molar-refractivity contribution in [3.05, 3.63) is 29.3 Å². The maximum atomic E-state index is 12.3. The standard InChI is InChI=1S/C16H26N2O3S/c1-6-14-9-7-8-13(4)16(14)17-15(19)11-18(10-12(2)3)22(5,20)21/h7-9,12H,6,10-11H2,1-5H3,(H,17,19). The van der Waals surface area contributed by atoms with Crippen LogP contribution in [0.15, 0.2) is 18.2 Å². The number of benzene rings is 1. The van der Waals surface area contributed by atoms with E-state index >= 15 is 0 Å². The topological polar surface area (TPSA) is 66.5 Å². The zero-order valence-electron chi connectivity index (χ0n) is 14.0. The zero-order chi connectivity index (χ0) is 16.9. The van der Waals surface area contributed by atoms with Gasteiger partial charge in [-0.25, -0.2) is 8.42 Å². The van der Waals surface area contributed by atoms with Crippen molar-refractivity contribution in [1.29, 1.82) is 0 Å². The fourth-order valence-corrected chi connectivity index (χ4v) is 3.19. The predicted molar refractivity (Wildman–Crippen MR) is 90.4 cm³/mol. The van der Waals surface area contributed by atoms with E-state index in [-0.39, 0.29) is 18.4 Å². The Labute approximate surface area is 133 Å². The van der Waals surface area contributed by atoms with Gasteiger partial charge in [-0.15, -0.1) is 0 Å². The van der Waals surface area contributed by atoms with Crippen LogP contribution in [0, 0.1) is 12.8 Å². The second kappa shape index (κ2) is 7.74. The lowest BCUT2D eigenvalue weighted by atomic mass is 10.1. The molecule has 5 nitrogen and oxygen atoms in total. The molecule has 1 N–H and O–H groups in total. The van der Waals surface area contributed by atoms with E-state index in [2.05, 4.69) is 5.32 Å². The molecule has 0 radical (unpaired) electrons. The van der Waals surface area contributed by atoms with Crippen LogP contribution >= 0.6 is 0 Å². The fourth-order valence-electron chi connectivity index (χ4n) is 2.27. The molecular weight excluding hydrogens is 300 g/mol. The Morgan fingerprint density at radius 2 is 1.95 bits per heavy atom. The molecule has 0 spiro atoms. The number of amides is 1. The number of anilines is 1. The molecule has 124 valence electrons. The molecule has 6 heteroatoms. The van der Waals surface area contributed by atoms with E-state index in [1.807, 2.05) is 45.9 Å². The number of nitrogens with one attached hydrogen (secondary N) is 1. The van der Waals surface area contributed by atoms with Gasteiger partial charge in [-0.3, -0.25) is 4.79 Å². The van der Waals surface area contributed by atoms with Gasteiger partial charge in [0.25, 0.3) is 0 Å². The molecule has 0 atom stereocenters. The number of rotatable bonds is 7. The summed E-state index contributed by atoms with van der Waals surface area (Å²) < 4.78 is 24.8. The summed E-state index contributed by atoms with van der Waals surface area (Å²) in [6, 6.07) is 5.84. The lowest BCUT2D eigenvalue weighted by Crippen LogP contribution is -2.39. The third kappa shape index (κ3) is 5.42. The molecule has 1 rings (SSSR count). The predicted octanol–water partition coefficient (Wildman–Crippen LogP) is 2.41. The first-order valence-corrected chi connectivity index (χ1v) is 9.33. The molecule has 1 aromatic carbocycles. The van der Waals surface area contributed by atoms with Crippen LogP contribution in [0.25, 0.3) is 0 Å². The average Bonchev–Trinajstić information content (AvgIpc) is 2.38. The van der Waals surface area contributed by atoms with Gasteiger partial charge < -0.3 is 5.32 Å². The van der Waals surface area contributed by atoms with E-state index in [1.165, 1.54) is 4.31 Å². The van der Waals surface area contributed by atoms with Crippen molar-refractivity contribution in [2.24, 2.45) is 5.92 Å². The lowest BCUT2D eigenvalue weighted by Gasteiger charge is -2.22. The van der Waals surface area contributed by atoms with Gasteiger partial charge in [0.15, 0.2) is 0 Å². The van der Waals surface area contributed by atoms with Crippen molar-refractivity contribution in [3.8, 4) is 0 Å². The molecule has 1 amide bonds. The minimum Gasteiger partial charge on any atom is -0.324 e.